The number of hydrogen-bond acceptors (Lipinski definition) is 8. The molecule has 4 N–H and O–H groups in total. The van der Waals surface area contributed by atoms with Gasteiger partial charge in [-0.1, -0.05) is 0 Å². The number of ether oxygens (including phenoxy) is 1. The highest BCUT2D eigenvalue weighted by Crippen LogP contribution is 2.29. The van der Waals surface area contributed by atoms with Crippen molar-refractivity contribution < 1.29 is 34.9 Å². The summed E-state index contributed by atoms with van der Waals surface area (Å²) in [6.07, 6.45) is -5.98. The van der Waals surface area contributed by atoms with Gasteiger partial charge in [0, 0.05) is 24.7 Å². The Morgan fingerprint density at radius 3 is 2.29 bits per heavy atom. The lowest BCUT2D eigenvalue weighted by atomic mass is 9.95. The number of rotatable bonds is 4. The van der Waals surface area contributed by atoms with E-state index in [4.69, 9.17) is 9.84 Å². The maximum atomic E-state index is 12.0. The second-order valence-electron chi connectivity index (χ2n) is 5.38. The fourth-order valence-electron chi connectivity index (χ4n) is 2.66. The van der Waals surface area contributed by atoms with Crippen LogP contribution in [0, 0.1) is 10.1 Å². The molecule has 10 heteroatoms. The van der Waals surface area contributed by atoms with E-state index >= 15 is 0 Å². The molecule has 0 saturated carbocycles. The Morgan fingerprint density at radius 2 is 1.83 bits per heavy atom. The van der Waals surface area contributed by atoms with Crippen molar-refractivity contribution in [3.8, 4) is 0 Å². The van der Waals surface area contributed by atoms with Crippen molar-refractivity contribution in [3.63, 3.8) is 0 Å². The summed E-state index contributed by atoms with van der Waals surface area (Å²) in [4.78, 5) is 23.1. The normalized spacial score (nSPS) is 30.0. The zero-order valence-corrected chi connectivity index (χ0v) is 12.7. The van der Waals surface area contributed by atoms with Gasteiger partial charge in [0.25, 0.3) is 5.69 Å². The summed E-state index contributed by atoms with van der Waals surface area (Å²) < 4.78 is 5.04. The Kier molecular flexibility index (Phi) is 5.47. The highest BCUT2D eigenvalue weighted by Gasteiger charge is 2.47. The third-order valence-corrected chi connectivity index (χ3v) is 3.84. The Morgan fingerprint density at radius 1 is 1.25 bits per heavy atom. The van der Waals surface area contributed by atoms with E-state index in [1.165, 1.54) is 31.2 Å². The third kappa shape index (κ3) is 3.37. The maximum absolute atomic E-state index is 12.0. The molecule has 1 aromatic carbocycles. The highest BCUT2D eigenvalue weighted by atomic mass is 16.6. The van der Waals surface area contributed by atoms with Gasteiger partial charge < -0.3 is 30.1 Å². The van der Waals surface area contributed by atoms with Crippen molar-refractivity contribution in [2.75, 3.05) is 11.5 Å². The quantitative estimate of drug-likeness (QED) is 0.391. The molecule has 0 aliphatic carbocycles. The zero-order valence-electron chi connectivity index (χ0n) is 12.7. The predicted molar refractivity (Wildman–Crippen MR) is 80.0 cm³/mol. The van der Waals surface area contributed by atoms with E-state index in [0.29, 0.717) is 0 Å². The first-order valence-corrected chi connectivity index (χ1v) is 7.12. The second-order valence-corrected chi connectivity index (χ2v) is 5.38. The highest BCUT2D eigenvalue weighted by molar-refractivity contribution is 5.92. The maximum Gasteiger partial charge on any atom is 0.269 e. The van der Waals surface area contributed by atoms with Gasteiger partial charge in [-0.3, -0.25) is 14.9 Å². The first-order chi connectivity index (χ1) is 11.3. The van der Waals surface area contributed by atoms with Crippen LogP contribution >= 0.6 is 0 Å². The van der Waals surface area contributed by atoms with Gasteiger partial charge in [-0.05, 0) is 12.1 Å². The number of carbonyl (C=O) groups excluding carboxylic acids is 1. The van der Waals surface area contributed by atoms with Crippen molar-refractivity contribution in [3.05, 3.63) is 34.4 Å². The first kappa shape index (κ1) is 18.2. The molecule has 10 nitrogen and oxygen atoms in total. The molecule has 5 atom stereocenters. The number of anilines is 1. The fraction of sp³-hybridized carbons (Fsp3) is 0.500. The minimum atomic E-state index is -1.67. The average molecular weight is 342 g/mol. The van der Waals surface area contributed by atoms with E-state index < -0.39 is 48.1 Å². The molecule has 0 spiro atoms. The Balaban J connectivity index is 2.36. The number of aliphatic hydroxyl groups excluding tert-OH is 4. The summed E-state index contributed by atoms with van der Waals surface area (Å²) in [6.45, 7) is 0.547. The molecule has 1 aliphatic heterocycles. The number of aliphatic hydroxyl groups is 4. The summed E-state index contributed by atoms with van der Waals surface area (Å²) in [5, 5.41) is 50.0. The van der Waals surface area contributed by atoms with Gasteiger partial charge in [0.05, 0.1) is 11.5 Å². The Hall–Kier alpha value is -2.11. The van der Waals surface area contributed by atoms with Gasteiger partial charge in [-0.25, -0.2) is 0 Å². The Labute approximate surface area is 136 Å². The smallest absolute Gasteiger partial charge is 0.269 e. The number of hydrogen-bond donors (Lipinski definition) is 4. The molecule has 0 bridgehead atoms. The topological polar surface area (TPSA) is 154 Å². The standard InChI is InChI=1S/C14H18N2O8/c1-7(18)15(8-2-4-9(5-3-8)16(22)23)11-13(20)12(19)10(6-17)24-14(11)21/h2-5,10-14,17,19-21H,6H2,1H3/t10-,11-,12+,13-,14+/m1/s1. The van der Waals surface area contributed by atoms with E-state index in [-0.39, 0.29) is 11.4 Å². The van der Waals surface area contributed by atoms with Crippen LogP contribution in [0.4, 0.5) is 11.4 Å². The summed E-state index contributed by atoms with van der Waals surface area (Å²) in [5.41, 5.74) is -0.0157. The number of benzene rings is 1. The van der Waals surface area contributed by atoms with E-state index in [2.05, 4.69) is 0 Å². The number of nitro groups is 1. The molecule has 132 valence electrons. The van der Waals surface area contributed by atoms with Crippen LogP contribution in [0.2, 0.25) is 0 Å². The minimum absolute atomic E-state index is 0.175. The van der Waals surface area contributed by atoms with Gasteiger partial charge >= 0.3 is 0 Å². The fourth-order valence-corrected chi connectivity index (χ4v) is 2.66. The van der Waals surface area contributed by atoms with E-state index in [1.807, 2.05) is 0 Å². The molecule has 0 aromatic heterocycles. The van der Waals surface area contributed by atoms with Crippen LogP contribution < -0.4 is 4.90 Å². The minimum Gasteiger partial charge on any atom is -0.394 e. The molecule has 1 heterocycles. The monoisotopic (exact) mass is 342 g/mol. The van der Waals surface area contributed by atoms with Crippen LogP contribution in [0.25, 0.3) is 0 Å². The summed E-state index contributed by atoms with van der Waals surface area (Å²) in [6, 6.07) is 3.55. The molecular formula is C14H18N2O8. The lowest BCUT2D eigenvalue weighted by Gasteiger charge is -2.44. The molecule has 1 aliphatic rings. The van der Waals surface area contributed by atoms with Crippen LogP contribution in [0.3, 0.4) is 0 Å². The molecule has 1 saturated heterocycles. The Bertz CT molecular complexity index is 607. The summed E-state index contributed by atoms with van der Waals surface area (Å²) in [7, 11) is 0. The van der Waals surface area contributed by atoms with Crippen molar-refractivity contribution in [2.45, 2.75) is 37.6 Å². The van der Waals surface area contributed by atoms with Crippen molar-refractivity contribution in [2.24, 2.45) is 0 Å². The predicted octanol–water partition coefficient (Wildman–Crippen LogP) is -1.25. The van der Waals surface area contributed by atoms with E-state index in [0.717, 1.165) is 4.90 Å². The van der Waals surface area contributed by atoms with E-state index in [1.54, 1.807) is 0 Å². The molecular weight excluding hydrogens is 324 g/mol. The third-order valence-electron chi connectivity index (χ3n) is 3.84. The van der Waals surface area contributed by atoms with Gasteiger partial charge in [-0.15, -0.1) is 0 Å². The van der Waals surface area contributed by atoms with E-state index in [9.17, 15) is 30.2 Å². The SMILES string of the molecule is CC(=O)N(c1ccc([N+](=O)[O-])cc1)[C@@H]1[C@@H](O)[C@@H](O)[C@@H](CO)O[C@@H]1O. The second kappa shape index (κ2) is 7.20. The average Bonchev–Trinajstić information content (AvgIpc) is 2.54. The molecule has 2 rings (SSSR count). The van der Waals surface area contributed by atoms with Crippen molar-refractivity contribution >= 4 is 17.3 Å². The largest absolute Gasteiger partial charge is 0.394 e. The molecule has 1 fully saturated rings. The number of nitrogens with zero attached hydrogens (tertiary/aromatic N) is 2. The van der Waals surface area contributed by atoms with Gasteiger partial charge in [-0.2, -0.15) is 0 Å². The lowest BCUT2D eigenvalue weighted by molar-refractivity contribution is -0.384. The number of nitro benzene ring substituents is 1. The van der Waals surface area contributed by atoms with Crippen LogP contribution in [0.5, 0.6) is 0 Å². The molecule has 1 aromatic rings. The van der Waals surface area contributed by atoms with Crippen LogP contribution in [-0.4, -0.2) is 68.5 Å². The number of carbonyl (C=O) groups is 1. The number of amides is 1. The van der Waals surface area contributed by atoms with Crippen LogP contribution in [-0.2, 0) is 9.53 Å². The number of non-ortho nitro benzene ring substituents is 1. The van der Waals surface area contributed by atoms with Crippen molar-refractivity contribution in [1.29, 1.82) is 0 Å². The van der Waals surface area contributed by atoms with Gasteiger partial charge in [0.2, 0.25) is 5.91 Å². The van der Waals surface area contributed by atoms with Crippen LogP contribution in [0.15, 0.2) is 24.3 Å². The molecule has 0 unspecified atom stereocenters. The first-order valence-electron chi connectivity index (χ1n) is 7.12. The summed E-state index contributed by atoms with van der Waals surface area (Å²) >= 11 is 0. The van der Waals surface area contributed by atoms with Crippen molar-refractivity contribution in [1.82, 2.24) is 0 Å². The molecule has 24 heavy (non-hydrogen) atoms. The van der Waals surface area contributed by atoms with Gasteiger partial charge in [0.15, 0.2) is 6.29 Å². The molecule has 0 radical (unpaired) electrons. The lowest BCUT2D eigenvalue weighted by Crippen LogP contribution is -2.65. The molecule has 1 amide bonds. The zero-order chi connectivity index (χ0) is 18.0. The van der Waals surface area contributed by atoms with Gasteiger partial charge in [0.1, 0.15) is 24.4 Å². The summed E-state index contributed by atoms with van der Waals surface area (Å²) in [5.74, 6) is -0.579. The van der Waals surface area contributed by atoms with Crippen LogP contribution in [0.1, 0.15) is 6.92 Å².